The highest BCUT2D eigenvalue weighted by atomic mass is 32.2. The number of aromatic nitrogens is 9. The zero-order valence-corrected chi connectivity index (χ0v) is 66.1. The molecule has 4 amide bonds. The van der Waals surface area contributed by atoms with Gasteiger partial charge in [0.05, 0.1) is 118 Å². The van der Waals surface area contributed by atoms with Crippen LogP contribution in [0.1, 0.15) is 105 Å². The smallest absolute Gasteiger partial charge is 0.277 e. The van der Waals surface area contributed by atoms with Crippen LogP contribution < -0.4 is 63.1 Å². The number of guanidine groups is 4. The minimum atomic E-state index is -4.14. The molecule has 6 aromatic heterocycles. The first-order valence-corrected chi connectivity index (χ1v) is 39.4. The first-order chi connectivity index (χ1) is 58.9. The number of carbonyl (C=O) groups excluding carboxylic acids is 4. The normalized spacial score (nSPS) is 21.9. The van der Waals surface area contributed by atoms with Crippen LogP contribution in [0.5, 0.6) is 23.4 Å². The number of halogens is 7. The molecule has 10 heterocycles. The highest BCUT2D eigenvalue weighted by Crippen LogP contribution is 2.41. The van der Waals surface area contributed by atoms with Gasteiger partial charge in [0, 0.05) is 34.3 Å². The third kappa shape index (κ3) is 19.5. The number of anilines is 4. The van der Waals surface area contributed by atoms with Crippen molar-refractivity contribution in [1.82, 2.24) is 62.1 Å². The monoisotopic (exact) mass is 1750 g/mol. The summed E-state index contributed by atoms with van der Waals surface area (Å²) in [7, 11) is -17.9. The fourth-order valence-electron chi connectivity index (χ4n) is 11.2. The van der Waals surface area contributed by atoms with E-state index in [1.165, 1.54) is 60.3 Å². The molecular weight excluding hydrogens is 1670 g/mol. The van der Waals surface area contributed by atoms with Crippen molar-refractivity contribution in [2.75, 3.05) is 101 Å². The van der Waals surface area contributed by atoms with Crippen molar-refractivity contribution in [3.63, 3.8) is 0 Å². The second-order valence-corrected chi connectivity index (χ2v) is 34.0. The summed E-state index contributed by atoms with van der Waals surface area (Å²) in [5, 5.41) is 9.05. The Morgan fingerprint density at radius 1 is 0.395 bits per heavy atom. The van der Waals surface area contributed by atoms with E-state index in [9.17, 15) is 74.8 Å². The van der Waals surface area contributed by atoms with Gasteiger partial charge >= 0.3 is 0 Å². The Balaban J connectivity index is 0.000000193. The number of nitrogens with two attached hydrogens (primary N) is 4. The van der Waals surface area contributed by atoms with Crippen LogP contribution in [0.3, 0.4) is 0 Å². The summed E-state index contributed by atoms with van der Waals surface area (Å²) in [6.45, 7) is 5.02. The summed E-state index contributed by atoms with van der Waals surface area (Å²) in [5.74, 6) is -17.3. The lowest BCUT2D eigenvalue weighted by molar-refractivity contribution is 0.101. The van der Waals surface area contributed by atoms with Crippen LogP contribution >= 0.6 is 0 Å². The molecule has 8 aromatic rings. The van der Waals surface area contributed by atoms with Gasteiger partial charge in [0.2, 0.25) is 81.6 Å². The van der Waals surface area contributed by atoms with E-state index in [1.54, 1.807) is 6.07 Å². The van der Waals surface area contributed by atoms with Gasteiger partial charge in [-0.2, -0.15) is 0 Å². The van der Waals surface area contributed by atoms with Crippen molar-refractivity contribution in [1.29, 1.82) is 0 Å². The van der Waals surface area contributed by atoms with Gasteiger partial charge in [-0.1, -0.05) is 0 Å². The van der Waals surface area contributed by atoms with Crippen LogP contribution in [0.15, 0.2) is 118 Å². The molecule has 4 aliphatic heterocycles. The first kappa shape index (κ1) is 76.9. The van der Waals surface area contributed by atoms with Gasteiger partial charge in [-0.25, -0.2) is 146 Å². The number of methoxy groups -OCH3 is 4. The molecule has 2 aromatic carbocycles. The van der Waals surface area contributed by atoms with Gasteiger partial charge in [0.25, 0.3) is 23.6 Å². The Kier molecular flexibility index (Phi) is 22.2. The van der Waals surface area contributed by atoms with E-state index in [1.807, 2.05) is 5.32 Å². The Morgan fingerprint density at radius 2 is 0.731 bits per heavy atom. The Hall–Kier alpha value is -13.4. The molecule has 0 bridgehead atoms. The lowest BCUT2D eigenvalue weighted by atomic mass is 9.92. The molecule has 0 fully saturated rings. The summed E-state index contributed by atoms with van der Waals surface area (Å²) in [6, 6.07) is 9.63. The van der Waals surface area contributed by atoms with Crippen molar-refractivity contribution >= 4 is 111 Å². The van der Waals surface area contributed by atoms with Crippen LogP contribution in [0.2, 0.25) is 0 Å². The fraction of sp³-hybridized carbons (Fsp3) is 0.299. The summed E-state index contributed by atoms with van der Waals surface area (Å²) in [4.78, 5) is 99.7. The van der Waals surface area contributed by atoms with E-state index < -0.39 is 217 Å². The third-order valence-electron chi connectivity index (χ3n) is 17.4. The summed E-state index contributed by atoms with van der Waals surface area (Å²) in [6.07, 6.45) is 6.72. The van der Waals surface area contributed by atoms with E-state index in [0.717, 1.165) is 97.1 Å². The van der Waals surface area contributed by atoms with Crippen LogP contribution in [0.25, 0.3) is 0 Å². The second-order valence-electron chi connectivity index (χ2n) is 26.0. The molecule has 0 saturated heterocycles. The zero-order valence-electron chi connectivity index (χ0n) is 71.8. The van der Waals surface area contributed by atoms with E-state index in [-0.39, 0.29) is 63.8 Å². The maximum Gasteiger partial charge on any atom is 0.277 e. The van der Waals surface area contributed by atoms with E-state index in [2.05, 4.69) is 95.0 Å². The number of amides is 4. The van der Waals surface area contributed by atoms with Crippen LogP contribution in [0, 0.1) is 40.7 Å². The lowest BCUT2D eigenvalue weighted by Gasteiger charge is -2.35. The molecule has 12 rings (SSSR count). The number of rotatable bonds is 16. The maximum absolute atomic E-state index is 15.3. The van der Waals surface area contributed by atoms with Gasteiger partial charge in [0.15, 0.2) is 23.3 Å². The number of carbonyl (C=O) groups is 4. The molecule has 0 spiro atoms. The quantitative estimate of drug-likeness (QED) is 0.0509. The molecule has 0 saturated carbocycles. The Labute approximate surface area is 685 Å². The number of sulfonamides is 4. The second kappa shape index (κ2) is 34.4. The topological polar surface area (TPSA) is 572 Å². The standard InChI is InChI=1S/C17H17F3N6O4S.C17H18F2N6O4S.C17H19FN6O4S.C16H18FN7O4S/c1-17(7-31(28,29)26(2)16(21)25-17)12-13(19)8(18)4-9(14(12)20)24-15(27)10-5-23-11(30-3)6-22-10;1-17(8-30(27,28)25(2)16(20)24-17)13-9(18)4-5-10(14(13)19)23-15(26)11-6-22-12(29-3)7-21-11;1-17(9-29(26,27)24(2)16(19)23-17)14-11(18)5-7-13(21-14)22-15(25)12-6-4-10(28-3)8-20-12;1-16(8-29(26,27)24(2)15(18)23-16)13-9(17)4-5-11(21-13)22-14(25)10-6-20-12(28-3)7-19-10/h4-6H,7H2,1-3H3,(H2,21,25)(H,24,27);4-7H,8H2,1-3H3,(H2,20,24)(H,23,26);4-8H,9H2,1-3H3,(H2,19,23)(H,21,22,25);4-7H,8H2,1-3H3,(H2,18,23)(H,21,22,25)/t3*17-;16-/m0000/s1/i2*3D3;;3D3. The van der Waals surface area contributed by atoms with Crippen molar-refractivity contribution in [2.45, 2.75) is 49.9 Å². The molecule has 119 heavy (non-hydrogen) atoms. The molecule has 41 nitrogen and oxygen atoms in total. The average Bonchev–Trinajstić information content (AvgIpc) is 0.753. The predicted octanol–water partition coefficient (Wildman–Crippen LogP) is 2.54. The number of benzene rings is 2. The molecule has 0 aliphatic carbocycles. The van der Waals surface area contributed by atoms with Crippen LogP contribution in [0.4, 0.5) is 53.7 Å². The van der Waals surface area contributed by atoms with Crippen molar-refractivity contribution in [3.8, 4) is 23.4 Å². The summed E-state index contributed by atoms with van der Waals surface area (Å²) < 4.78 is 286. The van der Waals surface area contributed by atoms with Gasteiger partial charge in [-0.15, -0.1) is 0 Å². The van der Waals surface area contributed by atoms with Crippen molar-refractivity contribution in [3.05, 3.63) is 184 Å². The van der Waals surface area contributed by atoms with Gasteiger partial charge in [0.1, 0.15) is 103 Å². The molecule has 4 aliphatic rings. The van der Waals surface area contributed by atoms with Crippen LogP contribution in [-0.4, -0.2) is 223 Å². The predicted molar refractivity (Wildman–Crippen MR) is 412 cm³/mol. The SMILES string of the molecule is COc1ccc(C(=O)Nc2ccc(F)c([C@]3(C)CS(=O)(=O)N(C)C(N)=N3)n2)nc1.[2H]C([2H])([2H])Oc1cnc(C(=O)Nc2cc(F)c(F)c([C@]3(C)CS(=O)(=O)N(C)C(N)=N3)c2F)cn1.[2H]C([2H])([2H])Oc1cnc(C(=O)Nc2ccc(F)c([C@]3(C)CS(=O)(=O)N(C)C(N)=N3)c2F)cn1.[2H]C([2H])([2H])Oc1cnc(C(=O)Nc2ccc(F)c([C@]3(C)CS(=O)(=O)N(C)C(N)=N3)n2)cn1. The van der Waals surface area contributed by atoms with Crippen molar-refractivity contribution < 1.29 is 115 Å². The van der Waals surface area contributed by atoms with E-state index >= 15 is 8.78 Å². The Bertz CT molecular complexity index is 6320. The molecule has 634 valence electrons. The minimum Gasteiger partial charge on any atom is -0.495 e. The summed E-state index contributed by atoms with van der Waals surface area (Å²) in [5.41, 5.74) is 10.8. The van der Waals surface area contributed by atoms with Crippen LogP contribution in [-0.2, 0) is 62.2 Å². The highest BCUT2D eigenvalue weighted by molar-refractivity contribution is 7.90. The average molecular weight is 1750 g/mol. The molecule has 0 unspecified atom stereocenters. The minimum absolute atomic E-state index is 0.00957. The number of aliphatic imine (C=N–C) groups is 4. The third-order valence-corrected chi connectivity index (χ3v) is 25.2. The molecule has 0 radical (unpaired) electrons. The largest absolute Gasteiger partial charge is 0.495 e. The van der Waals surface area contributed by atoms with E-state index in [0.29, 0.717) is 20.4 Å². The van der Waals surface area contributed by atoms with Gasteiger partial charge in [-0.3, -0.25) is 19.2 Å². The zero-order chi connectivity index (χ0) is 95.7. The van der Waals surface area contributed by atoms with Crippen molar-refractivity contribution in [2.24, 2.45) is 42.9 Å². The molecule has 52 heteroatoms. The Morgan fingerprint density at radius 3 is 1.08 bits per heavy atom. The molecular formula is C67H72F7N25O16S4. The van der Waals surface area contributed by atoms with Gasteiger partial charge in [-0.05, 0) is 76.2 Å². The number of hydrogen-bond donors (Lipinski definition) is 8. The number of nitrogens with one attached hydrogen (secondary N) is 4. The first-order valence-electron chi connectivity index (χ1n) is 37.5. The fourth-order valence-corrected chi connectivity index (χ4v) is 17.0. The number of pyridine rings is 3. The molecule has 12 N–H and O–H groups in total. The number of hydrogen-bond acceptors (Lipinski definition) is 33. The molecule has 4 atom stereocenters. The number of ether oxygens (including phenoxy) is 4. The maximum atomic E-state index is 15.3. The highest BCUT2D eigenvalue weighted by Gasteiger charge is 2.48. The van der Waals surface area contributed by atoms with Gasteiger partial charge < -0.3 is 63.1 Å². The number of nitrogens with zero attached hydrogens (tertiary/aromatic N) is 17. The summed E-state index contributed by atoms with van der Waals surface area (Å²) >= 11 is 0. The van der Waals surface area contributed by atoms with E-state index in [4.69, 9.17) is 40.0 Å². The lowest BCUT2D eigenvalue weighted by Crippen LogP contribution is -2.50.